The van der Waals surface area contributed by atoms with Gasteiger partial charge in [-0.3, -0.25) is 9.20 Å². The number of benzene rings is 1. The highest BCUT2D eigenvalue weighted by Crippen LogP contribution is 2.32. The summed E-state index contributed by atoms with van der Waals surface area (Å²) >= 11 is 5.84. The second kappa shape index (κ2) is 9.39. The molecule has 0 fully saturated rings. The number of rotatable bonds is 7. The van der Waals surface area contributed by atoms with Gasteiger partial charge in [0, 0.05) is 12.3 Å². The Morgan fingerprint density at radius 1 is 1.25 bits per heavy atom. The van der Waals surface area contributed by atoms with Gasteiger partial charge in [0.1, 0.15) is 0 Å². The van der Waals surface area contributed by atoms with Crippen molar-refractivity contribution in [3.05, 3.63) is 58.5 Å². The summed E-state index contributed by atoms with van der Waals surface area (Å²) in [5.74, 6) is -0.684. The monoisotopic (exact) mass is 476 g/mol. The fourth-order valence-corrected chi connectivity index (χ4v) is 2.90. The van der Waals surface area contributed by atoms with Crippen LogP contribution in [0, 0.1) is 0 Å². The van der Waals surface area contributed by atoms with Crippen molar-refractivity contribution in [3.8, 4) is 11.5 Å². The van der Waals surface area contributed by atoms with E-state index in [1.54, 1.807) is 0 Å². The molecule has 13 heteroatoms. The predicted octanol–water partition coefficient (Wildman–Crippen LogP) is 4.34. The molecule has 7 nitrogen and oxygen atoms in total. The molecule has 0 radical (unpaired) electrons. The summed E-state index contributed by atoms with van der Waals surface area (Å²) in [6.45, 7) is -3.25. The van der Waals surface area contributed by atoms with E-state index < -0.39 is 24.3 Å². The molecule has 0 saturated carbocycles. The van der Waals surface area contributed by atoms with Crippen LogP contribution in [0.25, 0.3) is 11.7 Å². The van der Waals surface area contributed by atoms with Gasteiger partial charge in [-0.25, -0.2) is 0 Å². The van der Waals surface area contributed by atoms with Crippen molar-refractivity contribution in [1.82, 2.24) is 19.9 Å². The van der Waals surface area contributed by atoms with Crippen LogP contribution in [0.5, 0.6) is 11.5 Å². The maximum Gasteiger partial charge on any atom is 0.417 e. The molecule has 1 aromatic carbocycles. The third-order valence-electron chi connectivity index (χ3n) is 4.11. The molecule has 32 heavy (non-hydrogen) atoms. The molecule has 0 unspecified atom stereocenters. The highest BCUT2D eigenvalue weighted by molar-refractivity contribution is 6.33. The number of nitrogens with zero attached hydrogens (tertiary/aromatic N) is 3. The number of alkyl halides is 5. The van der Waals surface area contributed by atoms with Gasteiger partial charge in [0.15, 0.2) is 23.0 Å². The number of pyridine rings is 1. The van der Waals surface area contributed by atoms with Crippen molar-refractivity contribution in [3.63, 3.8) is 0 Å². The Labute approximate surface area is 182 Å². The fraction of sp³-hybridized carbons (Fsp3) is 0.211. The Bertz CT molecular complexity index is 1160. The van der Waals surface area contributed by atoms with Crippen LogP contribution in [-0.2, 0) is 17.5 Å². The Hall–Kier alpha value is -3.41. The average molecular weight is 477 g/mol. The van der Waals surface area contributed by atoms with Gasteiger partial charge in [-0.05, 0) is 29.8 Å². The zero-order valence-corrected chi connectivity index (χ0v) is 16.9. The molecule has 1 N–H and O–H groups in total. The zero-order valence-electron chi connectivity index (χ0n) is 16.2. The van der Waals surface area contributed by atoms with E-state index in [1.165, 1.54) is 31.4 Å². The number of amides is 1. The summed E-state index contributed by atoms with van der Waals surface area (Å²) in [7, 11) is 1.27. The Kier molecular flexibility index (Phi) is 6.82. The van der Waals surface area contributed by atoms with E-state index in [4.69, 9.17) is 16.3 Å². The number of halogens is 6. The molecule has 0 aliphatic heterocycles. The lowest BCUT2D eigenvalue weighted by atomic mass is 10.2. The number of hydrogen-bond acceptors (Lipinski definition) is 5. The number of fused-ring (bicyclic) bond motifs is 1. The third-order valence-corrected chi connectivity index (χ3v) is 4.39. The van der Waals surface area contributed by atoms with E-state index in [0.29, 0.717) is 5.56 Å². The van der Waals surface area contributed by atoms with Crippen molar-refractivity contribution in [1.29, 1.82) is 0 Å². The van der Waals surface area contributed by atoms with Crippen LogP contribution >= 0.6 is 11.6 Å². The minimum atomic E-state index is -4.62. The molecular formula is C19H14ClF5N4O3. The van der Waals surface area contributed by atoms with Crippen molar-refractivity contribution < 1.29 is 36.2 Å². The van der Waals surface area contributed by atoms with Crippen LogP contribution < -0.4 is 14.8 Å². The first-order valence-corrected chi connectivity index (χ1v) is 9.15. The summed E-state index contributed by atoms with van der Waals surface area (Å²) < 4.78 is 74.1. The SMILES string of the molecule is COc1cc(/C=C/C(=O)NCc2nnc3c(Cl)cc(C(F)(F)F)cn23)ccc1OC(F)F. The lowest BCUT2D eigenvalue weighted by Crippen LogP contribution is -2.22. The Morgan fingerprint density at radius 2 is 2.00 bits per heavy atom. The highest BCUT2D eigenvalue weighted by Gasteiger charge is 2.32. The van der Waals surface area contributed by atoms with Gasteiger partial charge < -0.3 is 14.8 Å². The van der Waals surface area contributed by atoms with E-state index in [1.807, 2.05) is 0 Å². The predicted molar refractivity (Wildman–Crippen MR) is 104 cm³/mol. The van der Waals surface area contributed by atoms with E-state index in [9.17, 15) is 26.7 Å². The van der Waals surface area contributed by atoms with Gasteiger partial charge in [-0.15, -0.1) is 10.2 Å². The largest absolute Gasteiger partial charge is 0.493 e. The summed E-state index contributed by atoms with van der Waals surface area (Å²) in [4.78, 5) is 12.1. The minimum Gasteiger partial charge on any atom is -0.493 e. The van der Waals surface area contributed by atoms with Crippen molar-refractivity contribution in [2.24, 2.45) is 0 Å². The smallest absolute Gasteiger partial charge is 0.417 e. The maximum atomic E-state index is 13.0. The van der Waals surface area contributed by atoms with Gasteiger partial charge in [-0.1, -0.05) is 17.7 Å². The number of methoxy groups -OCH3 is 1. The minimum absolute atomic E-state index is 0.0117. The van der Waals surface area contributed by atoms with Crippen molar-refractivity contribution in [2.45, 2.75) is 19.3 Å². The molecule has 2 heterocycles. The molecule has 3 rings (SSSR count). The van der Waals surface area contributed by atoms with Gasteiger partial charge in [0.05, 0.1) is 24.2 Å². The lowest BCUT2D eigenvalue weighted by molar-refractivity contribution is -0.137. The molecule has 2 aromatic heterocycles. The molecule has 0 saturated heterocycles. The van der Waals surface area contributed by atoms with Gasteiger partial charge >= 0.3 is 12.8 Å². The molecule has 170 valence electrons. The van der Waals surface area contributed by atoms with Crippen LogP contribution in [0.15, 0.2) is 36.5 Å². The normalized spacial score (nSPS) is 12.0. The molecule has 0 spiro atoms. The van der Waals surface area contributed by atoms with Gasteiger partial charge in [-0.2, -0.15) is 22.0 Å². The number of hydrogen-bond donors (Lipinski definition) is 1. The molecule has 1 amide bonds. The average Bonchev–Trinajstić information content (AvgIpc) is 3.14. The molecule has 0 bridgehead atoms. The van der Waals surface area contributed by atoms with Crippen LogP contribution in [0.1, 0.15) is 17.0 Å². The van der Waals surface area contributed by atoms with Crippen LogP contribution in [0.4, 0.5) is 22.0 Å². The molecule has 0 aliphatic carbocycles. The second-order valence-electron chi connectivity index (χ2n) is 6.22. The van der Waals surface area contributed by atoms with E-state index in [-0.39, 0.29) is 34.5 Å². The summed E-state index contributed by atoms with van der Waals surface area (Å²) in [6, 6.07) is 4.81. The van der Waals surface area contributed by atoms with E-state index in [0.717, 1.165) is 22.7 Å². The lowest BCUT2D eigenvalue weighted by Gasteiger charge is -2.10. The van der Waals surface area contributed by atoms with E-state index in [2.05, 4.69) is 20.3 Å². The Morgan fingerprint density at radius 3 is 2.66 bits per heavy atom. The fourth-order valence-electron chi connectivity index (χ4n) is 2.65. The zero-order chi connectivity index (χ0) is 23.5. The second-order valence-corrected chi connectivity index (χ2v) is 6.63. The van der Waals surface area contributed by atoms with Gasteiger partial charge in [0.2, 0.25) is 5.91 Å². The van der Waals surface area contributed by atoms with Crippen LogP contribution in [-0.4, -0.2) is 34.2 Å². The highest BCUT2D eigenvalue weighted by atomic mass is 35.5. The first-order chi connectivity index (χ1) is 15.1. The first-order valence-electron chi connectivity index (χ1n) is 8.77. The summed E-state index contributed by atoms with van der Waals surface area (Å²) in [5, 5.41) is 9.71. The van der Waals surface area contributed by atoms with Crippen LogP contribution in [0.3, 0.4) is 0 Å². The summed E-state index contributed by atoms with van der Waals surface area (Å²) in [6.07, 6.45) is -1.32. The number of aromatic nitrogens is 3. The molecule has 0 atom stereocenters. The topological polar surface area (TPSA) is 77.8 Å². The molecular weight excluding hydrogens is 463 g/mol. The number of carbonyl (C=O) groups excluding carboxylic acids is 1. The maximum absolute atomic E-state index is 13.0. The standard InChI is InChI=1S/C19H14ClF5N4O3/c1-31-14-6-10(2-4-13(14)32-18(21)22)3-5-16(30)26-8-15-27-28-17-12(20)7-11(9-29(15)17)19(23,24)25/h2-7,9,18H,8H2,1H3,(H,26,30)/b5-3+. The third kappa shape index (κ3) is 5.44. The quantitative estimate of drug-likeness (QED) is 0.405. The first kappa shape index (κ1) is 23.3. The van der Waals surface area contributed by atoms with Crippen molar-refractivity contribution >= 4 is 29.2 Å². The number of nitrogens with one attached hydrogen (secondary N) is 1. The number of ether oxygens (including phenoxy) is 2. The molecule has 3 aromatic rings. The van der Waals surface area contributed by atoms with Crippen LogP contribution in [0.2, 0.25) is 5.02 Å². The Balaban J connectivity index is 1.70. The number of carbonyl (C=O) groups is 1. The van der Waals surface area contributed by atoms with Gasteiger partial charge in [0.25, 0.3) is 0 Å². The van der Waals surface area contributed by atoms with E-state index >= 15 is 0 Å². The summed E-state index contributed by atoms with van der Waals surface area (Å²) in [5.41, 5.74) is -0.527. The van der Waals surface area contributed by atoms with Crippen molar-refractivity contribution in [2.75, 3.05) is 7.11 Å². The molecule has 0 aliphatic rings.